The van der Waals surface area contributed by atoms with Gasteiger partial charge in [0, 0.05) is 16.5 Å². The molecule has 4 aromatic rings. The Bertz CT molecular complexity index is 1250. The minimum absolute atomic E-state index is 0.0803. The fourth-order valence-electron chi connectivity index (χ4n) is 3.40. The molecule has 0 aliphatic carbocycles. The predicted octanol–water partition coefficient (Wildman–Crippen LogP) is 3.65. The molecule has 1 amide bonds. The van der Waals surface area contributed by atoms with E-state index in [-0.39, 0.29) is 18.6 Å². The molecule has 1 heterocycles. The fraction of sp³-hybridized carbons (Fsp3) is 0.125. The predicted molar refractivity (Wildman–Crippen MR) is 116 cm³/mol. The number of carbonyl (C=O) groups is 2. The van der Waals surface area contributed by atoms with Crippen LogP contribution in [-0.4, -0.2) is 23.1 Å². The van der Waals surface area contributed by atoms with Crippen LogP contribution in [0.3, 0.4) is 0 Å². The molecule has 0 spiro atoms. The van der Waals surface area contributed by atoms with E-state index < -0.39 is 11.9 Å². The maximum atomic E-state index is 12.8. The van der Waals surface area contributed by atoms with Gasteiger partial charge in [-0.15, -0.1) is 0 Å². The second-order valence-electron chi connectivity index (χ2n) is 7.02. The summed E-state index contributed by atoms with van der Waals surface area (Å²) in [5.41, 5.74) is 2.92. The van der Waals surface area contributed by atoms with Crippen LogP contribution in [0.25, 0.3) is 21.8 Å². The van der Waals surface area contributed by atoms with Crippen LogP contribution >= 0.6 is 0 Å². The van der Waals surface area contributed by atoms with Crippen molar-refractivity contribution in [2.24, 2.45) is 0 Å². The van der Waals surface area contributed by atoms with Crippen LogP contribution in [-0.2, 0) is 20.9 Å². The minimum atomic E-state index is -0.562. The number of esters is 1. The van der Waals surface area contributed by atoms with Gasteiger partial charge < -0.3 is 14.6 Å². The summed E-state index contributed by atoms with van der Waals surface area (Å²) in [6.45, 7) is 1.46. The zero-order valence-electron chi connectivity index (χ0n) is 16.4. The molecule has 0 aliphatic heterocycles. The van der Waals surface area contributed by atoms with Gasteiger partial charge in [0.25, 0.3) is 5.91 Å². The van der Waals surface area contributed by atoms with Crippen molar-refractivity contribution in [3.63, 3.8) is 0 Å². The second-order valence-corrected chi connectivity index (χ2v) is 7.02. The molecule has 0 bridgehead atoms. The van der Waals surface area contributed by atoms with Crippen LogP contribution in [0.4, 0.5) is 5.69 Å². The zero-order chi connectivity index (χ0) is 21.1. The number of aromatic nitrogens is 1. The number of amides is 1. The Balaban J connectivity index is 1.53. The molecule has 0 saturated carbocycles. The fourth-order valence-corrected chi connectivity index (χ4v) is 3.40. The molecule has 0 fully saturated rings. The Labute approximate surface area is 172 Å². The summed E-state index contributed by atoms with van der Waals surface area (Å²) >= 11 is 0. The van der Waals surface area contributed by atoms with E-state index in [2.05, 4.69) is 5.32 Å². The van der Waals surface area contributed by atoms with E-state index in [0.29, 0.717) is 27.5 Å². The average molecular weight is 400 g/mol. The van der Waals surface area contributed by atoms with Crippen molar-refractivity contribution in [1.82, 2.24) is 4.57 Å². The number of nitrogens with zero attached hydrogens (tertiary/aromatic N) is 1. The van der Waals surface area contributed by atoms with Crippen LogP contribution < -0.4 is 10.7 Å². The van der Waals surface area contributed by atoms with Crippen molar-refractivity contribution in [3.05, 3.63) is 88.6 Å². The SMILES string of the molecule is Cc1ccc(NC(=O)COC(=O)Cn2c3ccccc3c(=O)c3ccccc32)cc1. The van der Waals surface area contributed by atoms with E-state index in [0.717, 1.165) is 5.56 Å². The van der Waals surface area contributed by atoms with Crippen molar-refractivity contribution < 1.29 is 14.3 Å². The van der Waals surface area contributed by atoms with Crippen molar-refractivity contribution >= 4 is 39.4 Å². The molecular weight excluding hydrogens is 380 g/mol. The molecule has 0 saturated heterocycles. The summed E-state index contributed by atoms with van der Waals surface area (Å²) in [7, 11) is 0. The zero-order valence-corrected chi connectivity index (χ0v) is 16.4. The molecule has 0 atom stereocenters. The molecule has 6 heteroatoms. The standard InChI is InChI=1S/C24H20N2O4/c1-16-10-12-17(13-11-16)25-22(27)15-30-23(28)14-26-20-8-4-2-6-18(20)24(29)19-7-3-5-9-21(19)26/h2-13H,14-15H2,1H3,(H,25,27). The molecule has 0 radical (unpaired) electrons. The molecule has 3 aromatic carbocycles. The number of rotatable bonds is 5. The molecule has 6 nitrogen and oxygen atoms in total. The highest BCUT2D eigenvalue weighted by atomic mass is 16.5. The summed E-state index contributed by atoms with van der Waals surface area (Å²) in [5, 5.41) is 3.75. The lowest BCUT2D eigenvalue weighted by Gasteiger charge is -2.14. The van der Waals surface area contributed by atoms with Gasteiger partial charge in [0.1, 0.15) is 6.54 Å². The second kappa shape index (κ2) is 8.21. The molecule has 1 aromatic heterocycles. The Kier molecular flexibility index (Phi) is 5.30. The molecule has 0 unspecified atom stereocenters. The van der Waals surface area contributed by atoms with Crippen molar-refractivity contribution in [3.8, 4) is 0 Å². The number of benzene rings is 3. The van der Waals surface area contributed by atoms with Crippen molar-refractivity contribution in [2.75, 3.05) is 11.9 Å². The number of hydrogen-bond donors (Lipinski definition) is 1. The number of aryl methyl sites for hydroxylation is 1. The third-order valence-electron chi connectivity index (χ3n) is 4.87. The maximum absolute atomic E-state index is 12.8. The normalized spacial score (nSPS) is 10.8. The van der Waals surface area contributed by atoms with Gasteiger partial charge in [0.2, 0.25) is 0 Å². The number of fused-ring (bicyclic) bond motifs is 2. The lowest BCUT2D eigenvalue weighted by Crippen LogP contribution is -2.24. The molecule has 30 heavy (non-hydrogen) atoms. The number of ether oxygens (including phenoxy) is 1. The first-order valence-electron chi connectivity index (χ1n) is 9.55. The average Bonchev–Trinajstić information content (AvgIpc) is 2.77. The summed E-state index contributed by atoms with van der Waals surface area (Å²) in [6, 6.07) is 21.6. The highest BCUT2D eigenvalue weighted by molar-refractivity contribution is 5.95. The van der Waals surface area contributed by atoms with Crippen LogP contribution in [0.1, 0.15) is 5.56 Å². The maximum Gasteiger partial charge on any atom is 0.326 e. The third-order valence-corrected chi connectivity index (χ3v) is 4.87. The first-order valence-corrected chi connectivity index (χ1v) is 9.55. The lowest BCUT2D eigenvalue weighted by molar-refractivity contribution is -0.147. The number of hydrogen-bond acceptors (Lipinski definition) is 4. The van der Waals surface area contributed by atoms with E-state index in [1.165, 1.54) is 0 Å². The summed E-state index contributed by atoms with van der Waals surface area (Å²) in [5.74, 6) is -0.977. The van der Waals surface area contributed by atoms with Gasteiger partial charge in [-0.05, 0) is 43.3 Å². The van der Waals surface area contributed by atoms with E-state index >= 15 is 0 Å². The van der Waals surface area contributed by atoms with Crippen molar-refractivity contribution in [2.45, 2.75) is 13.5 Å². The first-order chi connectivity index (χ1) is 14.5. The van der Waals surface area contributed by atoms with E-state index in [9.17, 15) is 14.4 Å². The summed E-state index contributed by atoms with van der Waals surface area (Å²) < 4.78 is 6.92. The van der Waals surface area contributed by atoms with E-state index in [4.69, 9.17) is 4.74 Å². The molecule has 1 N–H and O–H groups in total. The Morgan fingerprint density at radius 2 is 1.43 bits per heavy atom. The van der Waals surface area contributed by atoms with Crippen LogP contribution in [0.2, 0.25) is 0 Å². The molecule has 150 valence electrons. The van der Waals surface area contributed by atoms with Crippen LogP contribution in [0, 0.1) is 6.92 Å². The number of anilines is 1. The van der Waals surface area contributed by atoms with Gasteiger partial charge in [-0.25, -0.2) is 0 Å². The number of pyridine rings is 1. The van der Waals surface area contributed by atoms with E-state index in [1.54, 1.807) is 53.1 Å². The monoisotopic (exact) mass is 400 g/mol. The smallest absolute Gasteiger partial charge is 0.326 e. The van der Waals surface area contributed by atoms with Gasteiger partial charge in [0.05, 0.1) is 11.0 Å². The lowest BCUT2D eigenvalue weighted by atomic mass is 10.1. The van der Waals surface area contributed by atoms with Gasteiger partial charge in [0.15, 0.2) is 12.0 Å². The summed E-state index contributed by atoms with van der Waals surface area (Å²) in [4.78, 5) is 37.3. The van der Waals surface area contributed by atoms with Gasteiger partial charge >= 0.3 is 5.97 Å². The third kappa shape index (κ3) is 3.93. The van der Waals surface area contributed by atoms with Gasteiger partial charge in [-0.1, -0.05) is 42.0 Å². The number of para-hydroxylation sites is 2. The highest BCUT2D eigenvalue weighted by Gasteiger charge is 2.14. The minimum Gasteiger partial charge on any atom is -0.454 e. The Morgan fingerprint density at radius 1 is 0.867 bits per heavy atom. The largest absolute Gasteiger partial charge is 0.454 e. The van der Waals surface area contributed by atoms with Crippen LogP contribution in [0.5, 0.6) is 0 Å². The number of carbonyl (C=O) groups excluding carboxylic acids is 2. The van der Waals surface area contributed by atoms with Gasteiger partial charge in [-0.3, -0.25) is 14.4 Å². The van der Waals surface area contributed by atoms with Crippen LogP contribution in [0.15, 0.2) is 77.6 Å². The van der Waals surface area contributed by atoms with Gasteiger partial charge in [-0.2, -0.15) is 0 Å². The Hall–Kier alpha value is -3.93. The summed E-state index contributed by atoms with van der Waals surface area (Å²) in [6.07, 6.45) is 0. The highest BCUT2D eigenvalue weighted by Crippen LogP contribution is 2.19. The first kappa shape index (κ1) is 19.4. The topological polar surface area (TPSA) is 77.4 Å². The number of nitrogens with one attached hydrogen (secondary N) is 1. The van der Waals surface area contributed by atoms with Crippen molar-refractivity contribution in [1.29, 1.82) is 0 Å². The molecular formula is C24H20N2O4. The quantitative estimate of drug-likeness (QED) is 0.410. The Morgan fingerprint density at radius 3 is 2.03 bits per heavy atom. The molecule has 4 rings (SSSR count). The molecule has 0 aliphatic rings. The van der Waals surface area contributed by atoms with E-state index in [1.807, 2.05) is 31.2 Å².